The molecule has 0 aromatic carbocycles. The van der Waals surface area contributed by atoms with E-state index in [0.29, 0.717) is 0 Å². The zero-order chi connectivity index (χ0) is 6.15. The van der Waals surface area contributed by atoms with Crippen molar-refractivity contribution in [3.05, 3.63) is 11.6 Å². The molecule has 0 bridgehead atoms. The molecule has 1 rings (SSSR count). The van der Waals surface area contributed by atoms with E-state index in [0.717, 1.165) is 11.8 Å². The average molecular weight is 110 g/mol. The Bertz CT molecular complexity index is 111. The van der Waals surface area contributed by atoms with Gasteiger partial charge in [-0.15, -0.1) is 0 Å². The van der Waals surface area contributed by atoms with Crippen LogP contribution >= 0.6 is 0 Å². The van der Waals surface area contributed by atoms with Crippen molar-refractivity contribution in [1.82, 2.24) is 0 Å². The first-order valence-corrected chi connectivity index (χ1v) is 3.46. The quantitative estimate of drug-likeness (QED) is 0.455. The molecule has 0 heterocycles. The van der Waals surface area contributed by atoms with Gasteiger partial charge >= 0.3 is 0 Å². The Morgan fingerprint density at radius 1 is 1.50 bits per heavy atom. The summed E-state index contributed by atoms with van der Waals surface area (Å²) in [4.78, 5) is 0. The summed E-state index contributed by atoms with van der Waals surface area (Å²) in [5.74, 6) is 1.73. The van der Waals surface area contributed by atoms with Crippen LogP contribution in [0.5, 0.6) is 0 Å². The van der Waals surface area contributed by atoms with E-state index in [4.69, 9.17) is 0 Å². The molecule has 0 radical (unpaired) electrons. The summed E-state index contributed by atoms with van der Waals surface area (Å²) in [7, 11) is 0. The lowest BCUT2D eigenvalue weighted by molar-refractivity contribution is 0.449. The molecule has 0 aromatic rings. The van der Waals surface area contributed by atoms with Crippen LogP contribution in [0, 0.1) is 11.8 Å². The molecule has 8 heavy (non-hydrogen) atoms. The fraction of sp³-hybridized carbons (Fsp3) is 0.750. The fourth-order valence-electron chi connectivity index (χ4n) is 1.29. The number of hydrogen-bond donors (Lipinski definition) is 0. The Morgan fingerprint density at radius 3 is 2.25 bits per heavy atom. The standard InChI is InChI=1S/C8H14/c1-4-8-5-6(2)7(8)3/h5-7H,4H2,1-3H3. The van der Waals surface area contributed by atoms with Crippen LogP contribution in [-0.2, 0) is 0 Å². The van der Waals surface area contributed by atoms with Gasteiger partial charge in [0.15, 0.2) is 0 Å². The van der Waals surface area contributed by atoms with Crippen LogP contribution in [0.2, 0.25) is 0 Å². The Labute approximate surface area is 51.6 Å². The molecule has 0 saturated heterocycles. The minimum Gasteiger partial charge on any atom is -0.0816 e. The summed E-state index contributed by atoms with van der Waals surface area (Å²) in [5.41, 5.74) is 1.65. The van der Waals surface area contributed by atoms with Crippen LogP contribution in [0.4, 0.5) is 0 Å². The lowest BCUT2D eigenvalue weighted by Gasteiger charge is -2.29. The fourth-order valence-corrected chi connectivity index (χ4v) is 1.29. The van der Waals surface area contributed by atoms with E-state index in [2.05, 4.69) is 26.8 Å². The summed E-state index contributed by atoms with van der Waals surface area (Å²) in [6.45, 7) is 6.82. The molecular formula is C8H14. The molecule has 0 N–H and O–H groups in total. The van der Waals surface area contributed by atoms with Crippen molar-refractivity contribution >= 4 is 0 Å². The number of allylic oxidation sites excluding steroid dienone is 2. The number of hydrogen-bond acceptors (Lipinski definition) is 0. The van der Waals surface area contributed by atoms with Crippen LogP contribution in [0.1, 0.15) is 27.2 Å². The second-order valence-electron chi connectivity index (χ2n) is 2.74. The minimum atomic E-state index is 0.852. The third kappa shape index (κ3) is 0.683. The minimum absolute atomic E-state index is 0.852. The SMILES string of the molecule is CCC1=CC(C)C1C. The summed E-state index contributed by atoms with van der Waals surface area (Å²) >= 11 is 0. The Balaban J connectivity index is 2.50. The first-order valence-electron chi connectivity index (χ1n) is 3.46. The number of rotatable bonds is 1. The Kier molecular flexibility index (Phi) is 1.41. The normalized spacial score (nSPS) is 36.1. The van der Waals surface area contributed by atoms with E-state index in [1.165, 1.54) is 6.42 Å². The smallest absolute Gasteiger partial charge is 0.0171 e. The molecule has 2 unspecified atom stereocenters. The van der Waals surface area contributed by atoms with E-state index in [-0.39, 0.29) is 0 Å². The van der Waals surface area contributed by atoms with Gasteiger partial charge in [-0.3, -0.25) is 0 Å². The molecule has 0 aromatic heterocycles. The van der Waals surface area contributed by atoms with Crippen molar-refractivity contribution in [3.8, 4) is 0 Å². The van der Waals surface area contributed by atoms with Gasteiger partial charge in [0.25, 0.3) is 0 Å². The maximum atomic E-state index is 2.38. The van der Waals surface area contributed by atoms with Gasteiger partial charge in [-0.05, 0) is 18.3 Å². The summed E-state index contributed by atoms with van der Waals surface area (Å²) < 4.78 is 0. The second-order valence-corrected chi connectivity index (χ2v) is 2.74. The highest BCUT2D eigenvalue weighted by molar-refractivity contribution is 5.19. The van der Waals surface area contributed by atoms with Crippen LogP contribution in [-0.4, -0.2) is 0 Å². The molecule has 1 aliphatic rings. The maximum Gasteiger partial charge on any atom is -0.0171 e. The lowest BCUT2D eigenvalue weighted by Crippen LogP contribution is -2.18. The van der Waals surface area contributed by atoms with E-state index in [9.17, 15) is 0 Å². The largest absolute Gasteiger partial charge is 0.0816 e. The van der Waals surface area contributed by atoms with Crippen molar-refractivity contribution in [2.75, 3.05) is 0 Å². The van der Waals surface area contributed by atoms with Crippen LogP contribution in [0.15, 0.2) is 11.6 Å². The van der Waals surface area contributed by atoms with Crippen molar-refractivity contribution in [2.45, 2.75) is 27.2 Å². The molecule has 0 nitrogen and oxygen atoms in total. The van der Waals surface area contributed by atoms with E-state index >= 15 is 0 Å². The molecule has 46 valence electrons. The van der Waals surface area contributed by atoms with Crippen LogP contribution in [0.3, 0.4) is 0 Å². The van der Waals surface area contributed by atoms with Gasteiger partial charge in [-0.2, -0.15) is 0 Å². The molecule has 0 saturated carbocycles. The van der Waals surface area contributed by atoms with Crippen LogP contribution < -0.4 is 0 Å². The first-order chi connectivity index (χ1) is 3.75. The monoisotopic (exact) mass is 110 g/mol. The molecule has 0 spiro atoms. The lowest BCUT2D eigenvalue weighted by atomic mass is 9.76. The van der Waals surface area contributed by atoms with Crippen molar-refractivity contribution in [1.29, 1.82) is 0 Å². The first kappa shape index (κ1) is 5.87. The van der Waals surface area contributed by atoms with Crippen molar-refractivity contribution in [2.24, 2.45) is 11.8 Å². The molecule has 2 atom stereocenters. The maximum absolute atomic E-state index is 2.38. The highest BCUT2D eigenvalue weighted by atomic mass is 14.3. The average Bonchev–Trinajstić information content (AvgIpc) is 1.81. The van der Waals surface area contributed by atoms with E-state index < -0.39 is 0 Å². The molecule has 0 amide bonds. The van der Waals surface area contributed by atoms with Gasteiger partial charge in [0.1, 0.15) is 0 Å². The summed E-state index contributed by atoms with van der Waals surface area (Å²) in [5, 5.41) is 0. The predicted octanol–water partition coefficient (Wildman–Crippen LogP) is 2.61. The molecule has 1 aliphatic carbocycles. The van der Waals surface area contributed by atoms with Gasteiger partial charge < -0.3 is 0 Å². The van der Waals surface area contributed by atoms with Crippen LogP contribution in [0.25, 0.3) is 0 Å². The molecule has 0 fully saturated rings. The zero-order valence-electron chi connectivity index (χ0n) is 5.94. The van der Waals surface area contributed by atoms with Gasteiger partial charge in [0, 0.05) is 0 Å². The van der Waals surface area contributed by atoms with E-state index in [1.54, 1.807) is 5.57 Å². The van der Waals surface area contributed by atoms with Gasteiger partial charge in [0.2, 0.25) is 0 Å². The highest BCUT2D eigenvalue weighted by Gasteiger charge is 2.21. The Hall–Kier alpha value is -0.260. The third-order valence-electron chi connectivity index (χ3n) is 2.26. The highest BCUT2D eigenvalue weighted by Crippen LogP contribution is 2.34. The third-order valence-corrected chi connectivity index (χ3v) is 2.26. The van der Waals surface area contributed by atoms with Gasteiger partial charge in [-0.25, -0.2) is 0 Å². The van der Waals surface area contributed by atoms with Crippen molar-refractivity contribution < 1.29 is 0 Å². The molecule has 0 heteroatoms. The van der Waals surface area contributed by atoms with Gasteiger partial charge in [0.05, 0.1) is 0 Å². The topological polar surface area (TPSA) is 0 Å². The Morgan fingerprint density at radius 2 is 2.12 bits per heavy atom. The predicted molar refractivity (Wildman–Crippen MR) is 36.7 cm³/mol. The zero-order valence-corrected chi connectivity index (χ0v) is 5.94. The van der Waals surface area contributed by atoms with E-state index in [1.807, 2.05) is 0 Å². The summed E-state index contributed by atoms with van der Waals surface area (Å²) in [6, 6.07) is 0. The molecular weight excluding hydrogens is 96.1 g/mol. The van der Waals surface area contributed by atoms with Crippen molar-refractivity contribution in [3.63, 3.8) is 0 Å². The van der Waals surface area contributed by atoms with Gasteiger partial charge in [-0.1, -0.05) is 32.4 Å². The summed E-state index contributed by atoms with van der Waals surface area (Å²) in [6.07, 6.45) is 3.64. The molecule has 0 aliphatic heterocycles. The second kappa shape index (κ2) is 1.93.